The number of halogens is 1. The van der Waals surface area contributed by atoms with E-state index in [0.29, 0.717) is 11.8 Å². The lowest BCUT2D eigenvalue weighted by Gasteiger charge is -2.40. The van der Waals surface area contributed by atoms with Gasteiger partial charge >= 0.3 is 0 Å². The van der Waals surface area contributed by atoms with E-state index in [4.69, 9.17) is 0 Å². The van der Waals surface area contributed by atoms with Crippen molar-refractivity contribution in [3.8, 4) is 0 Å². The smallest absolute Gasteiger partial charge is 0.226 e. The van der Waals surface area contributed by atoms with Gasteiger partial charge in [-0.2, -0.15) is 0 Å². The Hall–Kier alpha value is -1.42. The fraction of sp³-hybridized carbons (Fsp3) is 0.588. The summed E-state index contributed by atoms with van der Waals surface area (Å²) in [4.78, 5) is 14.5. The van der Waals surface area contributed by atoms with E-state index in [9.17, 15) is 14.3 Å². The first-order chi connectivity index (χ1) is 10.1. The molecule has 3 nitrogen and oxygen atoms in total. The van der Waals surface area contributed by atoms with Gasteiger partial charge in [-0.3, -0.25) is 4.79 Å². The number of carbonyl (C=O) groups excluding carboxylic acids is 1. The fourth-order valence-corrected chi connectivity index (χ4v) is 4.33. The van der Waals surface area contributed by atoms with Crippen molar-refractivity contribution >= 4 is 5.91 Å². The normalized spacial score (nSPS) is 37.6. The lowest BCUT2D eigenvalue weighted by molar-refractivity contribution is -0.143. The molecule has 0 radical (unpaired) electrons. The molecule has 1 aromatic carbocycles. The molecule has 4 heteroatoms. The standard InChI is InChI=1S/C17H20FNO2/c18-14-3-1-2-11(8-14)12-6-13(7-12)17(21)19-9-10-4-15(19)16(20)5-10/h1-3,8,10,12-13,15-16,20H,4-7,9H2/t10-,12?,13?,15+,16+/m0/s1. The van der Waals surface area contributed by atoms with Crippen molar-refractivity contribution in [3.63, 3.8) is 0 Å². The van der Waals surface area contributed by atoms with Crippen LogP contribution in [0.2, 0.25) is 0 Å². The lowest BCUT2D eigenvalue weighted by Crippen LogP contribution is -2.49. The maximum atomic E-state index is 13.2. The maximum absolute atomic E-state index is 13.2. The van der Waals surface area contributed by atoms with Crippen LogP contribution < -0.4 is 0 Å². The van der Waals surface area contributed by atoms with E-state index in [2.05, 4.69) is 0 Å². The second-order valence-corrected chi connectivity index (χ2v) is 6.88. The molecule has 1 heterocycles. The van der Waals surface area contributed by atoms with Crippen LogP contribution in [-0.4, -0.2) is 34.6 Å². The number of nitrogens with zero attached hydrogens (tertiary/aromatic N) is 1. The van der Waals surface area contributed by atoms with Crippen molar-refractivity contribution in [3.05, 3.63) is 35.6 Å². The van der Waals surface area contributed by atoms with Gasteiger partial charge in [0.25, 0.3) is 0 Å². The Kier molecular flexibility index (Phi) is 3.03. The fourth-order valence-electron chi connectivity index (χ4n) is 4.33. The third kappa shape index (κ3) is 2.16. The highest BCUT2D eigenvalue weighted by atomic mass is 19.1. The summed E-state index contributed by atoms with van der Waals surface area (Å²) in [7, 11) is 0. The van der Waals surface area contributed by atoms with Gasteiger partial charge in [0.2, 0.25) is 5.91 Å². The van der Waals surface area contributed by atoms with E-state index in [1.165, 1.54) is 6.07 Å². The first kappa shape index (κ1) is 13.3. The number of aliphatic hydroxyl groups is 1. The molecule has 0 spiro atoms. The van der Waals surface area contributed by atoms with Crippen molar-refractivity contribution < 1.29 is 14.3 Å². The van der Waals surface area contributed by atoms with E-state index in [0.717, 1.165) is 37.8 Å². The van der Waals surface area contributed by atoms with Crippen LogP contribution in [0.25, 0.3) is 0 Å². The molecule has 1 N–H and O–H groups in total. The van der Waals surface area contributed by atoms with Gasteiger partial charge in [0.1, 0.15) is 5.82 Å². The second kappa shape index (κ2) is 4.80. The van der Waals surface area contributed by atoms with E-state index < -0.39 is 0 Å². The average Bonchev–Trinajstić information content (AvgIpc) is 2.95. The molecule has 1 amide bonds. The molecule has 3 fully saturated rings. The van der Waals surface area contributed by atoms with Gasteiger partial charge in [-0.25, -0.2) is 4.39 Å². The Bertz CT molecular complexity index is 570. The van der Waals surface area contributed by atoms with Crippen LogP contribution in [0.4, 0.5) is 4.39 Å². The molecule has 1 aliphatic heterocycles. The molecule has 112 valence electrons. The summed E-state index contributed by atoms with van der Waals surface area (Å²) in [6.45, 7) is 0.821. The highest BCUT2D eigenvalue weighted by Crippen LogP contribution is 2.45. The predicted octanol–water partition coefficient (Wildman–Crippen LogP) is 2.30. The van der Waals surface area contributed by atoms with Crippen molar-refractivity contribution in [1.82, 2.24) is 4.90 Å². The van der Waals surface area contributed by atoms with E-state index in [-0.39, 0.29) is 29.8 Å². The van der Waals surface area contributed by atoms with Crippen LogP contribution in [0.15, 0.2) is 24.3 Å². The molecule has 0 aromatic heterocycles. The minimum atomic E-state index is -0.327. The Balaban J connectivity index is 1.39. The Morgan fingerprint density at radius 3 is 2.71 bits per heavy atom. The number of piperidine rings is 1. The maximum Gasteiger partial charge on any atom is 0.226 e. The number of hydrogen-bond acceptors (Lipinski definition) is 2. The Morgan fingerprint density at radius 2 is 2.05 bits per heavy atom. The summed E-state index contributed by atoms with van der Waals surface area (Å²) in [6, 6.07) is 6.75. The molecule has 2 bridgehead atoms. The zero-order valence-corrected chi connectivity index (χ0v) is 11.9. The van der Waals surface area contributed by atoms with Gasteiger partial charge in [-0.05, 0) is 55.2 Å². The molecule has 4 rings (SSSR count). The summed E-state index contributed by atoms with van der Waals surface area (Å²) in [5.41, 5.74) is 1.00. The van der Waals surface area contributed by atoms with Gasteiger partial charge in [-0.1, -0.05) is 12.1 Å². The predicted molar refractivity (Wildman–Crippen MR) is 76.1 cm³/mol. The number of rotatable bonds is 2. The molecule has 21 heavy (non-hydrogen) atoms. The van der Waals surface area contributed by atoms with Crippen LogP contribution >= 0.6 is 0 Å². The highest BCUT2D eigenvalue weighted by Gasteiger charge is 2.49. The number of fused-ring (bicyclic) bond motifs is 2. The number of benzene rings is 1. The molecular weight excluding hydrogens is 269 g/mol. The third-order valence-corrected chi connectivity index (χ3v) is 5.54. The molecule has 3 aliphatic rings. The molecule has 0 unspecified atom stereocenters. The lowest BCUT2D eigenvalue weighted by atomic mass is 9.70. The van der Waals surface area contributed by atoms with E-state index in [1.54, 1.807) is 12.1 Å². The average molecular weight is 289 g/mol. The highest BCUT2D eigenvalue weighted by molar-refractivity contribution is 5.81. The Morgan fingerprint density at radius 1 is 1.24 bits per heavy atom. The summed E-state index contributed by atoms with van der Waals surface area (Å²) >= 11 is 0. The van der Waals surface area contributed by atoms with Crippen molar-refractivity contribution in [1.29, 1.82) is 0 Å². The summed E-state index contributed by atoms with van der Waals surface area (Å²) in [6.07, 6.45) is 3.11. The molecule has 2 saturated carbocycles. The quantitative estimate of drug-likeness (QED) is 0.907. The van der Waals surface area contributed by atoms with Crippen LogP contribution in [0.5, 0.6) is 0 Å². The number of likely N-dealkylation sites (tertiary alicyclic amines) is 1. The second-order valence-electron chi connectivity index (χ2n) is 6.88. The topological polar surface area (TPSA) is 40.5 Å². The zero-order chi connectivity index (χ0) is 14.6. The third-order valence-electron chi connectivity index (χ3n) is 5.54. The molecule has 1 aromatic rings. The van der Waals surface area contributed by atoms with Gasteiger partial charge in [0.15, 0.2) is 0 Å². The Labute approximate surface area is 123 Å². The van der Waals surface area contributed by atoms with Gasteiger partial charge in [0.05, 0.1) is 12.1 Å². The summed E-state index contributed by atoms with van der Waals surface area (Å²) in [5, 5.41) is 9.94. The van der Waals surface area contributed by atoms with Crippen molar-refractivity contribution in [2.45, 2.75) is 43.7 Å². The largest absolute Gasteiger partial charge is 0.391 e. The molecule has 3 atom stereocenters. The molecule has 2 aliphatic carbocycles. The van der Waals surface area contributed by atoms with Crippen LogP contribution in [-0.2, 0) is 4.79 Å². The van der Waals surface area contributed by atoms with Crippen LogP contribution in [0, 0.1) is 17.7 Å². The van der Waals surface area contributed by atoms with E-state index >= 15 is 0 Å². The van der Waals surface area contributed by atoms with Crippen LogP contribution in [0.1, 0.15) is 37.2 Å². The monoisotopic (exact) mass is 289 g/mol. The number of amides is 1. The first-order valence-corrected chi connectivity index (χ1v) is 7.86. The molecule has 1 saturated heterocycles. The first-order valence-electron chi connectivity index (χ1n) is 7.86. The summed E-state index contributed by atoms with van der Waals surface area (Å²) in [5.74, 6) is 0.855. The van der Waals surface area contributed by atoms with Crippen molar-refractivity contribution in [2.24, 2.45) is 11.8 Å². The van der Waals surface area contributed by atoms with Gasteiger partial charge in [-0.15, -0.1) is 0 Å². The minimum Gasteiger partial charge on any atom is -0.391 e. The number of carbonyl (C=O) groups is 1. The van der Waals surface area contributed by atoms with Gasteiger partial charge in [0, 0.05) is 12.5 Å². The zero-order valence-electron chi connectivity index (χ0n) is 11.9. The molecular formula is C17H20FNO2. The van der Waals surface area contributed by atoms with Gasteiger partial charge < -0.3 is 10.0 Å². The summed E-state index contributed by atoms with van der Waals surface area (Å²) < 4.78 is 13.2. The SMILES string of the molecule is O=C(C1CC(c2cccc(F)c2)C1)N1C[C@@H]2C[C@@H](O)[C@H]1C2. The van der Waals surface area contributed by atoms with E-state index in [1.807, 2.05) is 11.0 Å². The van der Waals surface area contributed by atoms with Crippen molar-refractivity contribution in [2.75, 3.05) is 6.54 Å². The minimum absolute atomic E-state index is 0.0516. The van der Waals surface area contributed by atoms with Crippen LogP contribution in [0.3, 0.4) is 0 Å². The number of hydrogen-bond donors (Lipinski definition) is 1. The number of aliphatic hydroxyl groups excluding tert-OH is 1.